The third-order valence-corrected chi connectivity index (χ3v) is 3.92. The van der Waals surface area contributed by atoms with Gasteiger partial charge in [-0.05, 0) is 32.2 Å². The summed E-state index contributed by atoms with van der Waals surface area (Å²) in [5.74, 6) is 0. The molecule has 5 heteroatoms. The molecule has 0 fully saturated rings. The monoisotopic (exact) mass is 298 g/mol. The molecule has 19 heavy (non-hydrogen) atoms. The van der Waals surface area contributed by atoms with Gasteiger partial charge in [-0.3, -0.25) is 0 Å². The molecule has 0 amide bonds. The number of ether oxygens (including phenoxy) is 1. The number of nitrogens with zero attached hydrogens (tertiary/aromatic N) is 1. The van der Waals surface area contributed by atoms with Gasteiger partial charge in [0.05, 0.1) is 6.61 Å². The zero-order chi connectivity index (χ0) is 14.4. The Bertz CT molecular complexity index is 435. The molecule has 0 saturated heterocycles. The second kappa shape index (κ2) is 7.72. The van der Waals surface area contributed by atoms with E-state index in [0.29, 0.717) is 17.6 Å². The van der Waals surface area contributed by atoms with Crippen molar-refractivity contribution in [1.29, 1.82) is 0 Å². The van der Waals surface area contributed by atoms with Crippen LogP contribution in [0.15, 0.2) is 23.1 Å². The fourth-order valence-corrected chi connectivity index (χ4v) is 2.94. The average Bonchev–Trinajstić information content (AvgIpc) is 2.38. The van der Waals surface area contributed by atoms with Crippen molar-refractivity contribution in [3.63, 3.8) is 0 Å². The lowest BCUT2D eigenvalue weighted by molar-refractivity contribution is 0.204. The first-order valence-electron chi connectivity index (χ1n) is 6.25. The van der Waals surface area contributed by atoms with Crippen molar-refractivity contribution < 1.29 is 4.74 Å². The minimum absolute atomic E-state index is 0.361. The van der Waals surface area contributed by atoms with Crippen molar-refractivity contribution in [1.82, 2.24) is 0 Å². The number of hydrogen-bond donors (Lipinski definition) is 1. The van der Waals surface area contributed by atoms with Crippen molar-refractivity contribution in [3.05, 3.63) is 23.8 Å². The lowest BCUT2D eigenvalue weighted by atomic mass is 10.1. The third kappa shape index (κ3) is 4.09. The molecule has 0 saturated carbocycles. The van der Waals surface area contributed by atoms with Gasteiger partial charge in [0.2, 0.25) is 0 Å². The van der Waals surface area contributed by atoms with E-state index in [9.17, 15) is 0 Å². The van der Waals surface area contributed by atoms with E-state index < -0.39 is 0 Å². The number of anilines is 1. The number of thioether (sulfide) groups is 1. The first-order valence-corrected chi connectivity index (χ1v) is 7.88. The fourth-order valence-electron chi connectivity index (χ4n) is 2.02. The second-order valence-electron chi connectivity index (χ2n) is 4.50. The van der Waals surface area contributed by atoms with E-state index in [4.69, 9.17) is 22.7 Å². The molecule has 0 heterocycles. The van der Waals surface area contributed by atoms with Gasteiger partial charge in [0.25, 0.3) is 0 Å². The molecule has 0 aliphatic carbocycles. The average molecular weight is 298 g/mol. The van der Waals surface area contributed by atoms with Crippen molar-refractivity contribution in [2.45, 2.75) is 24.8 Å². The molecule has 1 rings (SSSR count). The highest BCUT2D eigenvalue weighted by Gasteiger charge is 2.18. The van der Waals surface area contributed by atoms with Crippen LogP contribution < -0.4 is 10.6 Å². The Labute approximate surface area is 125 Å². The normalized spacial score (nSPS) is 10.8. The van der Waals surface area contributed by atoms with Gasteiger partial charge in [0.15, 0.2) is 0 Å². The first kappa shape index (κ1) is 16.3. The molecule has 0 bridgehead atoms. The zero-order valence-corrected chi connectivity index (χ0v) is 13.6. The number of thiocarbonyl (C=S) groups is 1. The summed E-state index contributed by atoms with van der Waals surface area (Å²) >= 11 is 6.89. The van der Waals surface area contributed by atoms with Crippen molar-refractivity contribution in [3.8, 4) is 0 Å². The molecule has 0 aromatic heterocycles. The molecule has 0 radical (unpaired) electrons. The van der Waals surface area contributed by atoms with Crippen LogP contribution in [0, 0.1) is 0 Å². The number of benzene rings is 1. The minimum Gasteiger partial charge on any atom is -0.389 e. The van der Waals surface area contributed by atoms with Gasteiger partial charge in [-0.15, -0.1) is 11.8 Å². The van der Waals surface area contributed by atoms with Crippen LogP contribution in [0.5, 0.6) is 0 Å². The predicted octanol–water partition coefficient (Wildman–Crippen LogP) is 2.90. The third-order valence-electron chi connectivity index (χ3n) is 2.94. The van der Waals surface area contributed by atoms with Crippen LogP contribution in [0.1, 0.15) is 19.4 Å². The summed E-state index contributed by atoms with van der Waals surface area (Å²) in [7, 11) is 1.71. The van der Waals surface area contributed by atoms with E-state index in [2.05, 4.69) is 30.9 Å². The maximum absolute atomic E-state index is 5.92. The fraction of sp³-hybridized carbons (Fsp3) is 0.500. The maximum Gasteiger partial charge on any atom is 0.107 e. The molecule has 2 N–H and O–H groups in total. The van der Waals surface area contributed by atoms with Crippen LogP contribution in [0.4, 0.5) is 5.69 Å². The summed E-state index contributed by atoms with van der Waals surface area (Å²) in [5, 5.41) is 0. The molecule has 0 unspecified atom stereocenters. The SMILES string of the molecule is COCCN(c1cccc(SC)c1C(N)=S)C(C)C. The molecule has 0 aliphatic heterocycles. The molecule has 1 aromatic rings. The van der Waals surface area contributed by atoms with Crippen LogP contribution in [0.25, 0.3) is 0 Å². The summed E-state index contributed by atoms with van der Waals surface area (Å²) < 4.78 is 5.19. The van der Waals surface area contributed by atoms with E-state index in [1.807, 2.05) is 12.3 Å². The molecule has 0 spiro atoms. The Kier molecular flexibility index (Phi) is 6.62. The smallest absolute Gasteiger partial charge is 0.107 e. The van der Waals surface area contributed by atoms with Crippen molar-refractivity contribution in [2.24, 2.45) is 5.73 Å². The van der Waals surface area contributed by atoms with Crippen LogP contribution in [0.2, 0.25) is 0 Å². The van der Waals surface area contributed by atoms with Gasteiger partial charge in [-0.2, -0.15) is 0 Å². The standard InChI is InChI=1S/C14H22N2OS2/c1-10(2)16(8-9-17-3)11-6-5-7-12(19-4)13(11)14(15)18/h5-7,10H,8-9H2,1-4H3,(H2,15,18). The summed E-state index contributed by atoms with van der Waals surface area (Å²) in [6.45, 7) is 5.82. The van der Waals surface area contributed by atoms with Gasteiger partial charge in [-0.1, -0.05) is 18.3 Å². The van der Waals surface area contributed by atoms with E-state index in [1.165, 1.54) is 0 Å². The van der Waals surface area contributed by atoms with Crippen LogP contribution in [-0.2, 0) is 4.74 Å². The Hall–Kier alpha value is -0.780. The molecular formula is C14H22N2OS2. The molecular weight excluding hydrogens is 276 g/mol. The highest BCUT2D eigenvalue weighted by atomic mass is 32.2. The van der Waals surface area contributed by atoms with Gasteiger partial charge in [-0.25, -0.2) is 0 Å². The van der Waals surface area contributed by atoms with Crippen LogP contribution >= 0.6 is 24.0 Å². The van der Waals surface area contributed by atoms with Crippen LogP contribution in [-0.4, -0.2) is 37.5 Å². The summed E-state index contributed by atoms with van der Waals surface area (Å²) in [4.78, 5) is 3.84. The maximum atomic E-state index is 5.92. The lowest BCUT2D eigenvalue weighted by Crippen LogP contribution is -2.35. The van der Waals surface area contributed by atoms with E-state index in [-0.39, 0.29) is 0 Å². The highest BCUT2D eigenvalue weighted by Crippen LogP contribution is 2.30. The van der Waals surface area contributed by atoms with Crippen molar-refractivity contribution >= 4 is 34.7 Å². The number of hydrogen-bond acceptors (Lipinski definition) is 4. The highest BCUT2D eigenvalue weighted by molar-refractivity contribution is 7.98. The summed E-state index contributed by atoms with van der Waals surface area (Å²) in [5.41, 5.74) is 7.97. The molecule has 0 aliphatic rings. The summed E-state index contributed by atoms with van der Waals surface area (Å²) in [6.07, 6.45) is 2.04. The second-order valence-corrected chi connectivity index (χ2v) is 5.79. The Morgan fingerprint density at radius 1 is 1.47 bits per heavy atom. The van der Waals surface area contributed by atoms with Gasteiger partial charge in [0.1, 0.15) is 4.99 Å². The summed E-state index contributed by atoms with van der Waals surface area (Å²) in [6, 6.07) is 6.53. The lowest BCUT2D eigenvalue weighted by Gasteiger charge is -2.31. The van der Waals surface area contributed by atoms with Gasteiger partial charge < -0.3 is 15.4 Å². The van der Waals surface area contributed by atoms with E-state index in [0.717, 1.165) is 22.7 Å². The molecule has 3 nitrogen and oxygen atoms in total. The molecule has 0 atom stereocenters. The quantitative estimate of drug-likeness (QED) is 0.619. The molecule has 106 valence electrons. The number of nitrogens with two attached hydrogens (primary N) is 1. The Balaban J connectivity index is 3.25. The van der Waals surface area contributed by atoms with Gasteiger partial charge in [0, 0.05) is 35.8 Å². The predicted molar refractivity (Wildman–Crippen MR) is 88.5 cm³/mol. The van der Waals surface area contributed by atoms with Crippen molar-refractivity contribution in [2.75, 3.05) is 31.4 Å². The van der Waals surface area contributed by atoms with E-state index in [1.54, 1.807) is 18.9 Å². The van der Waals surface area contributed by atoms with Gasteiger partial charge >= 0.3 is 0 Å². The zero-order valence-electron chi connectivity index (χ0n) is 12.0. The largest absolute Gasteiger partial charge is 0.389 e. The molecule has 1 aromatic carbocycles. The first-order chi connectivity index (χ1) is 9.02. The number of methoxy groups -OCH3 is 1. The topological polar surface area (TPSA) is 38.5 Å². The van der Waals surface area contributed by atoms with E-state index >= 15 is 0 Å². The minimum atomic E-state index is 0.361. The van der Waals surface area contributed by atoms with Crippen LogP contribution in [0.3, 0.4) is 0 Å². The Morgan fingerprint density at radius 3 is 2.63 bits per heavy atom. The number of rotatable bonds is 7. The Morgan fingerprint density at radius 2 is 2.16 bits per heavy atom.